The topological polar surface area (TPSA) is 53.6 Å². The summed E-state index contributed by atoms with van der Waals surface area (Å²) in [5.41, 5.74) is 3.27. The Morgan fingerprint density at radius 1 is 0.739 bits per heavy atom. The highest BCUT2D eigenvalue weighted by Crippen LogP contribution is 2.37. The highest BCUT2D eigenvalue weighted by atomic mass is 16.3. The average molecular weight is 312 g/mol. The molecule has 3 nitrogen and oxygen atoms in total. The van der Waals surface area contributed by atoms with Crippen molar-refractivity contribution in [1.82, 2.24) is 0 Å². The van der Waals surface area contributed by atoms with E-state index in [2.05, 4.69) is 13.8 Å². The van der Waals surface area contributed by atoms with Gasteiger partial charge in [0, 0.05) is 22.9 Å². The van der Waals surface area contributed by atoms with Crippen molar-refractivity contribution in [1.29, 1.82) is 0 Å². The molecular weight excluding hydrogens is 288 g/mol. The number of aromatic hydroxyl groups is 2. The highest BCUT2D eigenvalue weighted by molar-refractivity contribution is 6.06. The molecule has 0 saturated carbocycles. The van der Waals surface area contributed by atoms with Crippen LogP contribution < -0.4 is 0 Å². The summed E-state index contributed by atoms with van der Waals surface area (Å²) in [6.07, 6.45) is 6.03. The van der Waals surface area contributed by atoms with Gasteiger partial charge in [-0.2, -0.15) is 0 Å². The van der Waals surface area contributed by atoms with Crippen LogP contribution in [-0.4, -0.2) is 10.2 Å². The minimum atomic E-state index is 0.292. The Hall–Kier alpha value is -2.16. The van der Waals surface area contributed by atoms with Gasteiger partial charge in [-0.25, -0.2) is 0 Å². The summed E-state index contributed by atoms with van der Waals surface area (Å²) in [5, 5.41) is 22.4. The summed E-state index contributed by atoms with van der Waals surface area (Å²) < 4.78 is 5.81. The Bertz CT molecular complexity index is 762. The maximum absolute atomic E-state index is 10.2. The molecule has 1 heterocycles. The Morgan fingerprint density at radius 2 is 1.17 bits per heavy atom. The van der Waals surface area contributed by atoms with E-state index in [-0.39, 0.29) is 0 Å². The lowest BCUT2D eigenvalue weighted by atomic mass is 10.0. The second-order valence-corrected chi connectivity index (χ2v) is 6.26. The highest BCUT2D eigenvalue weighted by Gasteiger charge is 2.14. The molecule has 2 aromatic carbocycles. The first-order chi connectivity index (χ1) is 11.1. The van der Waals surface area contributed by atoms with Gasteiger partial charge in [0.05, 0.1) is 0 Å². The van der Waals surface area contributed by atoms with Crippen molar-refractivity contribution in [3.8, 4) is 11.5 Å². The van der Waals surface area contributed by atoms with Gasteiger partial charge in [-0.1, -0.05) is 26.7 Å². The standard InChI is InChI=1S/C20H24O3/c1-3-5-7-13-9-15-16-10-14(8-6-4-2)18(22)12-20(16)23-19(15)11-17(13)21/h9-12,21-22H,3-8H2,1-2H3. The molecule has 2 N–H and O–H groups in total. The van der Waals surface area contributed by atoms with Gasteiger partial charge in [0.2, 0.25) is 0 Å². The van der Waals surface area contributed by atoms with E-state index in [1.54, 1.807) is 12.1 Å². The van der Waals surface area contributed by atoms with Gasteiger partial charge in [-0.05, 0) is 48.9 Å². The number of hydrogen-bond acceptors (Lipinski definition) is 3. The van der Waals surface area contributed by atoms with Gasteiger partial charge in [0.15, 0.2) is 0 Å². The molecule has 0 fully saturated rings. The monoisotopic (exact) mass is 312 g/mol. The molecule has 3 heteroatoms. The molecule has 23 heavy (non-hydrogen) atoms. The Labute approximate surface area is 136 Å². The van der Waals surface area contributed by atoms with Crippen LogP contribution in [0.5, 0.6) is 11.5 Å². The average Bonchev–Trinajstić information content (AvgIpc) is 2.86. The molecule has 1 aromatic heterocycles. The van der Waals surface area contributed by atoms with Crippen LogP contribution in [0.1, 0.15) is 50.7 Å². The molecule has 0 atom stereocenters. The minimum Gasteiger partial charge on any atom is -0.508 e. The smallest absolute Gasteiger partial charge is 0.139 e. The first-order valence-corrected chi connectivity index (χ1v) is 8.54. The zero-order valence-electron chi connectivity index (χ0n) is 13.9. The second-order valence-electron chi connectivity index (χ2n) is 6.26. The fourth-order valence-corrected chi connectivity index (χ4v) is 3.07. The second kappa shape index (κ2) is 6.53. The largest absolute Gasteiger partial charge is 0.508 e. The molecule has 0 bridgehead atoms. The van der Waals surface area contributed by atoms with Gasteiger partial charge >= 0.3 is 0 Å². The zero-order chi connectivity index (χ0) is 16.4. The fraction of sp³-hybridized carbons (Fsp3) is 0.400. The van der Waals surface area contributed by atoms with Gasteiger partial charge in [-0.15, -0.1) is 0 Å². The molecule has 0 amide bonds. The van der Waals surface area contributed by atoms with E-state index in [1.165, 1.54) is 0 Å². The lowest BCUT2D eigenvalue weighted by Crippen LogP contribution is -1.87. The number of phenolic OH excluding ortho intramolecular Hbond substituents is 2. The molecule has 3 aromatic rings. The SMILES string of the molecule is CCCCc1cc2c(cc1O)oc1cc(O)c(CCCC)cc12. The van der Waals surface area contributed by atoms with Crippen molar-refractivity contribution in [2.24, 2.45) is 0 Å². The molecule has 0 aliphatic rings. The van der Waals surface area contributed by atoms with Crippen LogP contribution >= 0.6 is 0 Å². The third-order valence-corrected chi connectivity index (χ3v) is 4.47. The molecule has 0 aliphatic heterocycles. The first kappa shape index (κ1) is 15.7. The maximum Gasteiger partial charge on any atom is 0.139 e. The molecule has 122 valence electrons. The first-order valence-electron chi connectivity index (χ1n) is 8.54. The van der Waals surface area contributed by atoms with Gasteiger partial charge in [0.25, 0.3) is 0 Å². The van der Waals surface area contributed by atoms with Crippen molar-refractivity contribution >= 4 is 21.9 Å². The van der Waals surface area contributed by atoms with Crippen molar-refractivity contribution in [3.63, 3.8) is 0 Å². The summed E-state index contributed by atoms with van der Waals surface area (Å²) in [6, 6.07) is 7.46. The number of hydrogen-bond donors (Lipinski definition) is 2. The number of benzene rings is 2. The fourth-order valence-electron chi connectivity index (χ4n) is 3.07. The molecule has 3 rings (SSSR count). The lowest BCUT2D eigenvalue weighted by Gasteiger charge is -2.05. The quantitative estimate of drug-likeness (QED) is 0.615. The number of aryl methyl sites for hydroxylation is 2. The summed E-state index contributed by atoms with van der Waals surface area (Å²) in [7, 11) is 0. The van der Waals surface area contributed by atoms with Crippen LogP contribution in [0.15, 0.2) is 28.7 Å². The number of phenols is 2. The number of rotatable bonds is 6. The van der Waals surface area contributed by atoms with Crippen LogP contribution in [0, 0.1) is 0 Å². The zero-order valence-corrected chi connectivity index (χ0v) is 13.9. The van der Waals surface area contributed by atoms with E-state index in [0.29, 0.717) is 22.7 Å². The third-order valence-electron chi connectivity index (χ3n) is 4.47. The van der Waals surface area contributed by atoms with Crippen molar-refractivity contribution in [3.05, 3.63) is 35.4 Å². The van der Waals surface area contributed by atoms with Crippen LogP contribution in [0.3, 0.4) is 0 Å². The third kappa shape index (κ3) is 3.00. The van der Waals surface area contributed by atoms with Crippen LogP contribution in [0.4, 0.5) is 0 Å². The Balaban J connectivity index is 2.13. The molecule has 0 saturated heterocycles. The van der Waals surface area contributed by atoms with E-state index < -0.39 is 0 Å². The van der Waals surface area contributed by atoms with E-state index in [4.69, 9.17) is 4.42 Å². The van der Waals surface area contributed by atoms with Crippen LogP contribution in [-0.2, 0) is 12.8 Å². The molecular formula is C20H24O3. The summed E-state index contributed by atoms with van der Waals surface area (Å²) >= 11 is 0. The molecule has 0 unspecified atom stereocenters. The van der Waals surface area contributed by atoms with Crippen molar-refractivity contribution < 1.29 is 14.6 Å². The molecule has 0 radical (unpaired) electrons. The van der Waals surface area contributed by atoms with Crippen LogP contribution in [0.25, 0.3) is 21.9 Å². The number of unbranched alkanes of at least 4 members (excludes halogenated alkanes) is 2. The Kier molecular flexibility index (Phi) is 4.46. The van der Waals surface area contributed by atoms with E-state index in [9.17, 15) is 10.2 Å². The minimum absolute atomic E-state index is 0.292. The maximum atomic E-state index is 10.2. The van der Waals surface area contributed by atoms with Gasteiger partial charge in [0.1, 0.15) is 22.7 Å². The van der Waals surface area contributed by atoms with Gasteiger partial charge in [-0.3, -0.25) is 0 Å². The molecule has 0 aliphatic carbocycles. The number of fused-ring (bicyclic) bond motifs is 3. The predicted molar refractivity (Wildman–Crippen MR) is 94.3 cm³/mol. The van der Waals surface area contributed by atoms with E-state index in [0.717, 1.165) is 60.4 Å². The normalized spacial score (nSPS) is 11.6. The van der Waals surface area contributed by atoms with Crippen LogP contribution in [0.2, 0.25) is 0 Å². The lowest BCUT2D eigenvalue weighted by molar-refractivity contribution is 0.466. The summed E-state index contributed by atoms with van der Waals surface area (Å²) in [6.45, 7) is 4.29. The predicted octanol–water partition coefficient (Wildman–Crippen LogP) is 5.68. The Morgan fingerprint density at radius 3 is 1.57 bits per heavy atom. The van der Waals surface area contributed by atoms with E-state index >= 15 is 0 Å². The number of furan rings is 1. The van der Waals surface area contributed by atoms with Gasteiger partial charge < -0.3 is 14.6 Å². The summed E-state index contributed by atoms with van der Waals surface area (Å²) in [5.74, 6) is 0.584. The van der Waals surface area contributed by atoms with E-state index in [1.807, 2.05) is 12.1 Å². The summed E-state index contributed by atoms with van der Waals surface area (Å²) in [4.78, 5) is 0. The van der Waals surface area contributed by atoms with Crippen molar-refractivity contribution in [2.45, 2.75) is 52.4 Å². The van der Waals surface area contributed by atoms with Crippen molar-refractivity contribution in [2.75, 3.05) is 0 Å². The molecule has 0 spiro atoms.